The molecular formula is C16H21FN2O3S. The molecule has 1 aromatic rings. The zero-order chi connectivity index (χ0) is 16.7. The molecule has 0 aromatic heterocycles. The quantitative estimate of drug-likeness (QED) is 0.906. The molecule has 2 N–H and O–H groups in total. The van der Waals surface area contributed by atoms with Gasteiger partial charge in [0.25, 0.3) is 0 Å². The van der Waals surface area contributed by atoms with E-state index in [2.05, 4.69) is 0 Å². The fraction of sp³-hybridized carbons (Fsp3) is 0.562. The predicted molar refractivity (Wildman–Crippen MR) is 84.6 cm³/mol. The van der Waals surface area contributed by atoms with Crippen molar-refractivity contribution in [1.29, 1.82) is 0 Å². The molecule has 7 heteroatoms. The second kappa shape index (κ2) is 5.87. The Kier molecular flexibility index (Phi) is 4.18. The van der Waals surface area contributed by atoms with Crippen LogP contribution >= 0.6 is 0 Å². The molecular weight excluding hydrogens is 319 g/mol. The summed E-state index contributed by atoms with van der Waals surface area (Å²) in [6.07, 6.45) is 3.28. The van der Waals surface area contributed by atoms with Gasteiger partial charge >= 0.3 is 0 Å². The van der Waals surface area contributed by atoms with Crippen LogP contribution in [0.3, 0.4) is 0 Å². The molecule has 1 aromatic carbocycles. The van der Waals surface area contributed by atoms with Crippen LogP contribution < -0.4 is 5.14 Å². The molecule has 1 amide bonds. The van der Waals surface area contributed by atoms with Gasteiger partial charge in [0.2, 0.25) is 15.9 Å². The number of nitrogens with zero attached hydrogens (tertiary/aromatic N) is 1. The van der Waals surface area contributed by atoms with Crippen LogP contribution in [0.25, 0.3) is 0 Å². The van der Waals surface area contributed by atoms with E-state index in [-0.39, 0.29) is 18.3 Å². The summed E-state index contributed by atoms with van der Waals surface area (Å²) in [4.78, 5) is 14.7. The Balaban J connectivity index is 1.91. The number of carbonyl (C=O) groups is 1. The maximum atomic E-state index is 14.3. The molecule has 1 heterocycles. The Morgan fingerprint density at radius 3 is 2.48 bits per heavy atom. The van der Waals surface area contributed by atoms with E-state index in [1.165, 1.54) is 6.07 Å². The largest absolute Gasteiger partial charge is 0.341 e. The monoisotopic (exact) mass is 340 g/mol. The highest BCUT2D eigenvalue weighted by molar-refractivity contribution is 7.89. The number of likely N-dealkylation sites (tertiary alicyclic amines) is 1. The van der Waals surface area contributed by atoms with E-state index in [9.17, 15) is 17.6 Å². The number of benzene rings is 1. The number of rotatable bonds is 3. The van der Waals surface area contributed by atoms with Gasteiger partial charge < -0.3 is 4.90 Å². The smallest absolute Gasteiger partial charge is 0.233 e. The molecule has 23 heavy (non-hydrogen) atoms. The number of primary sulfonamides is 1. The highest BCUT2D eigenvalue weighted by Gasteiger charge is 2.48. The number of carbonyl (C=O) groups excluding carboxylic acids is 1. The third-order valence-corrected chi connectivity index (χ3v) is 6.47. The maximum absolute atomic E-state index is 14.3. The van der Waals surface area contributed by atoms with E-state index in [1.807, 2.05) is 0 Å². The number of hydrogen-bond donors (Lipinski definition) is 1. The van der Waals surface area contributed by atoms with Crippen molar-refractivity contribution >= 4 is 15.9 Å². The van der Waals surface area contributed by atoms with E-state index in [0.717, 1.165) is 12.8 Å². The molecule has 1 atom stereocenters. The Morgan fingerprint density at radius 1 is 1.26 bits per heavy atom. The van der Waals surface area contributed by atoms with E-state index in [1.54, 1.807) is 23.1 Å². The van der Waals surface area contributed by atoms with Crippen molar-refractivity contribution in [2.45, 2.75) is 42.8 Å². The molecule has 5 nitrogen and oxygen atoms in total. The highest BCUT2D eigenvalue weighted by atomic mass is 32.2. The van der Waals surface area contributed by atoms with Crippen LogP contribution in [-0.2, 0) is 20.2 Å². The summed E-state index contributed by atoms with van der Waals surface area (Å²) in [5, 5.41) is 4.48. The third-order valence-electron chi connectivity index (χ3n) is 5.15. The van der Waals surface area contributed by atoms with Gasteiger partial charge in [-0.15, -0.1) is 0 Å². The maximum Gasteiger partial charge on any atom is 0.233 e. The number of halogens is 1. The minimum atomic E-state index is -3.65. The first-order valence-electron chi connectivity index (χ1n) is 7.90. The van der Waals surface area contributed by atoms with Gasteiger partial charge in [-0.3, -0.25) is 4.79 Å². The zero-order valence-corrected chi connectivity index (χ0v) is 13.7. The lowest BCUT2D eigenvalue weighted by molar-refractivity contribution is -0.136. The molecule has 1 saturated heterocycles. The first-order valence-corrected chi connectivity index (χ1v) is 9.51. The Morgan fingerprint density at radius 2 is 1.91 bits per heavy atom. The average Bonchev–Trinajstić information content (AvgIpc) is 3.17. The SMILES string of the molecule is NS(=O)(=O)C1CCN(C(=O)C2(c3ccccc3F)CCCC2)C1. The lowest BCUT2D eigenvalue weighted by Crippen LogP contribution is -2.46. The van der Waals surface area contributed by atoms with Crippen LogP contribution in [0.5, 0.6) is 0 Å². The van der Waals surface area contributed by atoms with Gasteiger partial charge in [0.05, 0.1) is 10.7 Å². The topological polar surface area (TPSA) is 80.5 Å². The van der Waals surface area contributed by atoms with E-state index >= 15 is 0 Å². The van der Waals surface area contributed by atoms with Crippen molar-refractivity contribution in [2.75, 3.05) is 13.1 Å². The molecule has 0 bridgehead atoms. The molecule has 3 rings (SSSR count). The molecule has 1 saturated carbocycles. The summed E-state index contributed by atoms with van der Waals surface area (Å²) in [7, 11) is -3.65. The Labute approximate surface area is 135 Å². The van der Waals surface area contributed by atoms with Crippen molar-refractivity contribution < 1.29 is 17.6 Å². The molecule has 1 aliphatic carbocycles. The fourth-order valence-electron chi connectivity index (χ4n) is 3.91. The molecule has 0 spiro atoms. The molecule has 2 aliphatic rings. The minimum absolute atomic E-state index is 0.105. The van der Waals surface area contributed by atoms with Crippen molar-refractivity contribution in [1.82, 2.24) is 4.90 Å². The van der Waals surface area contributed by atoms with Crippen molar-refractivity contribution in [2.24, 2.45) is 5.14 Å². The number of hydrogen-bond acceptors (Lipinski definition) is 3. The summed E-state index contributed by atoms with van der Waals surface area (Å²) < 4.78 is 37.3. The van der Waals surface area contributed by atoms with Crippen molar-refractivity contribution in [3.05, 3.63) is 35.6 Å². The number of sulfonamides is 1. The van der Waals surface area contributed by atoms with E-state index in [4.69, 9.17) is 5.14 Å². The second-order valence-corrected chi connectivity index (χ2v) is 8.36. The Bertz CT molecular complexity index is 714. The molecule has 1 unspecified atom stereocenters. The molecule has 1 aliphatic heterocycles. The van der Waals surface area contributed by atoms with Gasteiger partial charge in [-0.25, -0.2) is 17.9 Å². The summed E-state index contributed by atoms with van der Waals surface area (Å²) in [5.74, 6) is -0.531. The molecule has 0 radical (unpaired) electrons. The normalized spacial score (nSPS) is 24.1. The number of nitrogens with two attached hydrogens (primary N) is 1. The first kappa shape index (κ1) is 16.4. The van der Waals surface area contributed by atoms with E-state index in [0.29, 0.717) is 31.4 Å². The summed E-state index contributed by atoms with van der Waals surface area (Å²) >= 11 is 0. The molecule has 2 fully saturated rings. The minimum Gasteiger partial charge on any atom is -0.341 e. The summed E-state index contributed by atoms with van der Waals surface area (Å²) in [5.41, 5.74) is -0.431. The zero-order valence-electron chi connectivity index (χ0n) is 12.9. The van der Waals surface area contributed by atoms with Gasteiger partial charge in [-0.1, -0.05) is 31.0 Å². The first-order chi connectivity index (χ1) is 10.8. The third kappa shape index (κ3) is 2.87. The molecule has 126 valence electrons. The lowest BCUT2D eigenvalue weighted by Gasteiger charge is -2.33. The van der Waals surface area contributed by atoms with Crippen LogP contribution in [0.15, 0.2) is 24.3 Å². The van der Waals surface area contributed by atoms with Crippen LogP contribution in [0, 0.1) is 5.82 Å². The van der Waals surface area contributed by atoms with Gasteiger partial charge in [-0.05, 0) is 25.3 Å². The fourth-order valence-corrected chi connectivity index (χ4v) is 4.73. The summed E-state index contributed by atoms with van der Waals surface area (Å²) in [6, 6.07) is 6.40. The Hall–Kier alpha value is -1.47. The van der Waals surface area contributed by atoms with Gasteiger partial charge in [0.15, 0.2) is 0 Å². The summed E-state index contributed by atoms with van der Waals surface area (Å²) in [6.45, 7) is 0.462. The van der Waals surface area contributed by atoms with Gasteiger partial charge in [-0.2, -0.15) is 0 Å². The van der Waals surface area contributed by atoms with Crippen LogP contribution in [0.1, 0.15) is 37.7 Å². The van der Waals surface area contributed by atoms with Gasteiger partial charge in [0.1, 0.15) is 5.82 Å². The highest BCUT2D eigenvalue weighted by Crippen LogP contribution is 2.44. The predicted octanol–water partition coefficient (Wildman–Crippen LogP) is 1.53. The van der Waals surface area contributed by atoms with Crippen LogP contribution in [-0.4, -0.2) is 37.6 Å². The second-order valence-electron chi connectivity index (χ2n) is 6.52. The van der Waals surface area contributed by atoms with E-state index < -0.39 is 20.7 Å². The average molecular weight is 340 g/mol. The van der Waals surface area contributed by atoms with Crippen molar-refractivity contribution in [3.8, 4) is 0 Å². The van der Waals surface area contributed by atoms with Crippen LogP contribution in [0.4, 0.5) is 4.39 Å². The van der Waals surface area contributed by atoms with Crippen LogP contribution in [0.2, 0.25) is 0 Å². The van der Waals surface area contributed by atoms with Gasteiger partial charge in [0, 0.05) is 18.7 Å². The standard InChI is InChI=1S/C16H21FN2O3S/c17-14-6-2-1-5-13(14)16(8-3-4-9-16)15(20)19-10-7-12(11-19)23(18,21)22/h1-2,5-6,12H,3-4,7-11H2,(H2,18,21,22). The van der Waals surface area contributed by atoms with Crippen molar-refractivity contribution in [3.63, 3.8) is 0 Å². The number of amides is 1. The lowest BCUT2D eigenvalue weighted by atomic mass is 9.77.